The maximum atomic E-state index is 14.9. The van der Waals surface area contributed by atoms with Crippen LogP contribution in [0.4, 0.5) is 8.78 Å². The summed E-state index contributed by atoms with van der Waals surface area (Å²) in [7, 11) is -17.4. The van der Waals surface area contributed by atoms with Crippen LogP contribution in [0.2, 0.25) is 0 Å². The second-order valence-electron chi connectivity index (χ2n) is 6.23. The maximum absolute atomic E-state index is 14.9. The number of nitrogens with zero attached hydrogens (tertiary/aromatic N) is 1. The van der Waals surface area contributed by atoms with E-state index in [1.807, 2.05) is 0 Å². The molecule has 0 spiro atoms. The maximum Gasteiger partial charge on any atom is 0.490 e. The number of rotatable bonds is 8. The minimum atomic E-state index is -5.92. The molecule has 0 amide bonds. The fraction of sp³-hybridized carbons (Fsp3) is 0.600. The van der Waals surface area contributed by atoms with Crippen molar-refractivity contribution in [3.8, 4) is 0 Å². The molecule has 1 aliphatic heterocycles. The molecule has 31 heavy (non-hydrogen) atoms. The van der Waals surface area contributed by atoms with Crippen LogP contribution in [0.3, 0.4) is 0 Å². The molecule has 6 atom stereocenters. The number of ether oxygens (including phenoxy) is 1. The van der Waals surface area contributed by atoms with E-state index in [9.17, 15) is 42.1 Å². The van der Waals surface area contributed by atoms with Crippen LogP contribution in [0.1, 0.15) is 13.2 Å². The highest BCUT2D eigenvalue weighted by molar-refractivity contribution is 7.66. The highest BCUT2D eigenvalue weighted by atomic mass is 31.3. The van der Waals surface area contributed by atoms with Crippen molar-refractivity contribution in [2.24, 2.45) is 0 Å². The van der Waals surface area contributed by atoms with E-state index in [-0.39, 0.29) is 0 Å². The van der Waals surface area contributed by atoms with Gasteiger partial charge in [-0.05, 0) is 6.92 Å². The summed E-state index contributed by atoms with van der Waals surface area (Å²) in [5.74, 6) is -3.75. The smallest absolute Gasteiger partial charge is 0.382 e. The lowest BCUT2D eigenvalue weighted by Crippen LogP contribution is -2.47. The fourth-order valence-corrected chi connectivity index (χ4v) is 5.49. The van der Waals surface area contributed by atoms with Gasteiger partial charge < -0.3 is 29.4 Å². The molecule has 0 aromatic carbocycles. The van der Waals surface area contributed by atoms with Crippen LogP contribution < -0.4 is 11.2 Å². The summed E-state index contributed by atoms with van der Waals surface area (Å²) in [4.78, 5) is 59.9. The molecule has 6 N–H and O–H groups in total. The van der Waals surface area contributed by atoms with Gasteiger partial charge in [0.15, 0.2) is 12.4 Å². The molecular formula is C10H15F2N2O14P3. The first-order valence-electron chi connectivity index (χ1n) is 7.61. The molecule has 1 aromatic heterocycles. The van der Waals surface area contributed by atoms with E-state index in [1.54, 1.807) is 4.98 Å². The van der Waals surface area contributed by atoms with E-state index in [1.165, 1.54) is 0 Å². The molecule has 1 aliphatic rings. The molecule has 21 heteroatoms. The predicted octanol–water partition coefficient (Wildman–Crippen LogP) is -0.836. The number of hydrogen-bond donors (Lipinski definition) is 6. The monoisotopic (exact) mass is 518 g/mol. The second kappa shape index (κ2) is 8.33. The van der Waals surface area contributed by atoms with Crippen molar-refractivity contribution in [2.45, 2.75) is 30.8 Å². The van der Waals surface area contributed by atoms with Crippen LogP contribution in [0, 0.1) is 0 Å². The lowest BCUT2D eigenvalue weighted by atomic mass is 9.97. The summed E-state index contributed by atoms with van der Waals surface area (Å²) in [6.45, 7) is -1.20. The van der Waals surface area contributed by atoms with Gasteiger partial charge in [-0.1, -0.05) is 0 Å². The Balaban J connectivity index is 2.22. The van der Waals surface area contributed by atoms with E-state index in [0.717, 1.165) is 12.3 Å². The molecule has 0 bridgehead atoms. The zero-order valence-corrected chi connectivity index (χ0v) is 17.7. The molecule has 3 unspecified atom stereocenters. The van der Waals surface area contributed by atoms with Crippen molar-refractivity contribution in [3.05, 3.63) is 33.1 Å². The highest BCUT2D eigenvalue weighted by Gasteiger charge is 2.65. The third-order valence-corrected chi connectivity index (χ3v) is 7.43. The highest BCUT2D eigenvalue weighted by Crippen LogP contribution is 2.66. The lowest BCUT2D eigenvalue weighted by Gasteiger charge is -2.26. The molecular weight excluding hydrogens is 503 g/mol. The molecule has 178 valence electrons. The average molecular weight is 518 g/mol. The summed E-state index contributed by atoms with van der Waals surface area (Å²) in [6.07, 6.45) is -4.45. The number of phosphoric acid groups is 3. The van der Waals surface area contributed by atoms with Crippen LogP contribution in [-0.2, 0) is 31.6 Å². The van der Waals surface area contributed by atoms with Crippen LogP contribution in [0.15, 0.2) is 21.9 Å². The van der Waals surface area contributed by atoms with E-state index in [0.29, 0.717) is 11.5 Å². The molecule has 1 saturated heterocycles. The first-order chi connectivity index (χ1) is 13.8. The number of alkyl halides is 2. The molecule has 0 radical (unpaired) electrons. The van der Waals surface area contributed by atoms with Crippen molar-refractivity contribution < 1.29 is 65.0 Å². The normalized spacial score (nSPS) is 33.0. The molecule has 2 heterocycles. The summed E-state index contributed by atoms with van der Waals surface area (Å²) >= 11 is 0. The van der Waals surface area contributed by atoms with Crippen molar-refractivity contribution >= 4 is 23.5 Å². The summed E-state index contributed by atoms with van der Waals surface area (Å²) in [5, 5.41) is 10.2. The number of aromatic nitrogens is 2. The van der Waals surface area contributed by atoms with Gasteiger partial charge >= 0.3 is 29.2 Å². The van der Waals surface area contributed by atoms with Crippen molar-refractivity contribution in [1.82, 2.24) is 9.55 Å². The molecule has 0 aliphatic carbocycles. The van der Waals surface area contributed by atoms with Gasteiger partial charge in [0.25, 0.3) is 11.4 Å². The van der Waals surface area contributed by atoms with Crippen molar-refractivity contribution in [1.29, 1.82) is 0 Å². The third kappa shape index (κ3) is 6.22. The average Bonchev–Trinajstić information content (AvgIpc) is 2.71. The molecule has 1 fully saturated rings. The first kappa shape index (κ1) is 26.1. The summed E-state index contributed by atoms with van der Waals surface area (Å²) in [5.41, 5.74) is -4.92. The fourth-order valence-electron chi connectivity index (χ4n) is 2.46. The van der Waals surface area contributed by atoms with E-state index in [2.05, 4.69) is 17.9 Å². The standard InChI is InChI=1S/C10H15F2N2O14P3/c1-9(17)6(11)10(12,26-7(9)14-3-2-5(15)13-8(14)16)4-25-30(21,22)28-31(23,24)27-29(18,19)20/h2-3,6-7,17H,4H2,1H3,(H,21,22)(H,23,24)(H,13,15,16)(H2,18,19,20)/t6-,7?,9+,10+/m0/s1. The van der Waals surface area contributed by atoms with Gasteiger partial charge in [0, 0.05) is 12.3 Å². The second-order valence-corrected chi connectivity index (χ2v) is 10.6. The first-order valence-corrected chi connectivity index (χ1v) is 12.1. The number of hydrogen-bond acceptors (Lipinski definition) is 10. The topological polar surface area (TPSA) is 244 Å². The van der Waals surface area contributed by atoms with Crippen LogP contribution in [0.5, 0.6) is 0 Å². The van der Waals surface area contributed by atoms with Gasteiger partial charge in [0.05, 0.1) is 0 Å². The van der Waals surface area contributed by atoms with Crippen molar-refractivity contribution in [3.63, 3.8) is 0 Å². The Labute approximate surface area is 169 Å². The van der Waals surface area contributed by atoms with E-state index in [4.69, 9.17) is 14.7 Å². The van der Waals surface area contributed by atoms with Gasteiger partial charge in [-0.15, -0.1) is 0 Å². The Morgan fingerprint density at radius 1 is 1.19 bits per heavy atom. The third-order valence-electron chi connectivity index (χ3n) is 3.64. The summed E-state index contributed by atoms with van der Waals surface area (Å²) < 4.78 is 78.8. The Morgan fingerprint density at radius 3 is 2.29 bits per heavy atom. The number of nitrogens with one attached hydrogen (secondary N) is 1. The van der Waals surface area contributed by atoms with Crippen LogP contribution >= 0.6 is 23.5 Å². The minimum Gasteiger partial charge on any atom is -0.382 e. The van der Waals surface area contributed by atoms with Gasteiger partial charge in [0.1, 0.15) is 12.2 Å². The van der Waals surface area contributed by atoms with Gasteiger partial charge in [-0.3, -0.25) is 18.9 Å². The molecule has 16 nitrogen and oxygen atoms in total. The predicted molar refractivity (Wildman–Crippen MR) is 90.6 cm³/mol. The van der Waals surface area contributed by atoms with Gasteiger partial charge in [-0.2, -0.15) is 8.62 Å². The molecule has 2 rings (SSSR count). The van der Waals surface area contributed by atoms with E-state index >= 15 is 0 Å². The SMILES string of the molecule is C[C@]1(O)C(n2ccc(=O)[nH]c2=O)O[C@](F)(COP(=O)(O)OP(=O)(O)OP(=O)(O)O)[C@H]1F. The Bertz CT molecular complexity index is 1100. The Morgan fingerprint density at radius 2 is 1.77 bits per heavy atom. The molecule has 1 aromatic rings. The Hall–Kier alpha value is -1.13. The number of halogens is 2. The number of aliphatic hydroxyl groups is 1. The van der Waals surface area contributed by atoms with Crippen LogP contribution in [-0.4, -0.2) is 58.5 Å². The Kier molecular flexibility index (Phi) is 7.02. The lowest BCUT2D eigenvalue weighted by molar-refractivity contribution is -0.195. The van der Waals surface area contributed by atoms with E-state index < -0.39 is 65.2 Å². The summed E-state index contributed by atoms with van der Waals surface area (Å²) in [6, 6.07) is 0.762. The largest absolute Gasteiger partial charge is 0.490 e. The number of phosphoric ester groups is 1. The van der Waals surface area contributed by atoms with Crippen LogP contribution in [0.25, 0.3) is 0 Å². The number of H-pyrrole nitrogens is 1. The van der Waals surface area contributed by atoms with Gasteiger partial charge in [-0.25, -0.2) is 27.3 Å². The quantitative estimate of drug-likeness (QED) is 0.230. The van der Waals surface area contributed by atoms with Crippen molar-refractivity contribution in [2.75, 3.05) is 6.61 Å². The molecule has 0 saturated carbocycles. The number of aromatic amines is 1. The minimum absolute atomic E-state index is 0.403. The zero-order chi connectivity index (χ0) is 24.0. The van der Waals surface area contributed by atoms with Gasteiger partial charge in [0.2, 0.25) is 0 Å². The zero-order valence-electron chi connectivity index (χ0n) is 15.0.